The van der Waals surface area contributed by atoms with Crippen LogP contribution in [-0.4, -0.2) is 57.6 Å². The highest BCUT2D eigenvalue weighted by molar-refractivity contribution is 5.94. The van der Waals surface area contributed by atoms with E-state index in [1.165, 1.54) is 4.90 Å². The first-order valence-electron chi connectivity index (χ1n) is 9.89. The maximum Gasteiger partial charge on any atom is 0.280 e. The van der Waals surface area contributed by atoms with Crippen molar-refractivity contribution in [1.29, 1.82) is 0 Å². The van der Waals surface area contributed by atoms with Crippen molar-refractivity contribution in [3.05, 3.63) is 53.6 Å². The van der Waals surface area contributed by atoms with Crippen molar-refractivity contribution < 1.29 is 24.0 Å². The Balaban J connectivity index is 1.93. The first-order chi connectivity index (χ1) is 14.2. The third-order valence-electron chi connectivity index (χ3n) is 5.13. The lowest BCUT2D eigenvalue weighted by atomic mass is 10.1. The van der Waals surface area contributed by atoms with Gasteiger partial charge in [0.2, 0.25) is 5.91 Å². The lowest BCUT2D eigenvalue weighted by molar-refractivity contribution is -0.908. The summed E-state index contributed by atoms with van der Waals surface area (Å²) in [5, 5.41) is 2.82. The van der Waals surface area contributed by atoms with E-state index in [1.807, 2.05) is 63.4 Å². The quantitative estimate of drug-likeness (QED) is 0.653. The fourth-order valence-corrected chi connectivity index (χ4v) is 3.14. The van der Waals surface area contributed by atoms with Crippen LogP contribution in [0.2, 0.25) is 0 Å². The zero-order chi connectivity index (χ0) is 22.3. The van der Waals surface area contributed by atoms with Crippen LogP contribution in [0.25, 0.3) is 0 Å². The summed E-state index contributed by atoms with van der Waals surface area (Å²) in [4.78, 5) is 27.6. The Morgan fingerprint density at radius 1 is 1.07 bits per heavy atom. The fraction of sp³-hybridized carbons (Fsp3) is 0.391. The van der Waals surface area contributed by atoms with Crippen LogP contribution in [-0.2, 0) is 16.1 Å². The number of methoxy groups -OCH3 is 2. The van der Waals surface area contributed by atoms with Gasteiger partial charge >= 0.3 is 0 Å². The van der Waals surface area contributed by atoms with E-state index in [9.17, 15) is 9.59 Å². The van der Waals surface area contributed by atoms with Crippen LogP contribution in [0, 0.1) is 6.92 Å². The summed E-state index contributed by atoms with van der Waals surface area (Å²) in [6.07, 6.45) is 0. The van der Waals surface area contributed by atoms with Gasteiger partial charge in [0.15, 0.2) is 17.5 Å². The van der Waals surface area contributed by atoms with E-state index in [-0.39, 0.29) is 24.4 Å². The highest BCUT2D eigenvalue weighted by Gasteiger charge is 2.26. The number of nitrogens with zero attached hydrogens (tertiary/aromatic N) is 1. The Bertz CT molecular complexity index is 867. The van der Waals surface area contributed by atoms with E-state index in [0.29, 0.717) is 18.0 Å². The third-order valence-corrected chi connectivity index (χ3v) is 5.13. The largest absolute Gasteiger partial charge is 0.493 e. The van der Waals surface area contributed by atoms with Gasteiger partial charge in [-0.2, -0.15) is 0 Å². The van der Waals surface area contributed by atoms with Crippen molar-refractivity contribution >= 4 is 17.5 Å². The van der Waals surface area contributed by atoms with Gasteiger partial charge in [0.25, 0.3) is 5.91 Å². The van der Waals surface area contributed by atoms with Gasteiger partial charge in [0.05, 0.1) is 27.8 Å². The number of nitrogens with one attached hydrogen (secondary N) is 2. The van der Waals surface area contributed by atoms with E-state index in [0.717, 1.165) is 21.7 Å². The van der Waals surface area contributed by atoms with Crippen LogP contribution in [0.5, 0.6) is 11.5 Å². The van der Waals surface area contributed by atoms with Gasteiger partial charge in [0, 0.05) is 18.3 Å². The second kappa shape index (κ2) is 10.6. The third kappa shape index (κ3) is 6.22. The van der Waals surface area contributed by atoms with E-state index in [1.54, 1.807) is 21.3 Å². The summed E-state index contributed by atoms with van der Waals surface area (Å²) in [6.45, 7) is 4.49. The summed E-state index contributed by atoms with van der Waals surface area (Å²) in [5.41, 5.74) is 2.87. The molecule has 1 unspecified atom stereocenters. The second-order valence-electron chi connectivity index (χ2n) is 7.54. The number of carbonyl (C=O) groups excluding carboxylic acids is 2. The summed E-state index contributed by atoms with van der Waals surface area (Å²) in [7, 11) is 6.80. The Hall–Kier alpha value is -3.06. The normalized spacial score (nSPS) is 12.6. The summed E-state index contributed by atoms with van der Waals surface area (Å²) < 4.78 is 10.6. The molecule has 2 amide bonds. The number of hydrogen-bond donors (Lipinski definition) is 2. The molecule has 0 spiro atoms. The van der Waals surface area contributed by atoms with Crippen LogP contribution in [0.1, 0.15) is 18.1 Å². The summed E-state index contributed by atoms with van der Waals surface area (Å²) in [5.74, 6) is 1.01. The Morgan fingerprint density at radius 3 is 2.30 bits per heavy atom. The highest BCUT2D eigenvalue weighted by atomic mass is 16.5. The van der Waals surface area contributed by atoms with Gasteiger partial charge in [-0.15, -0.1) is 0 Å². The molecule has 0 aliphatic rings. The molecule has 0 radical (unpaired) electrons. The van der Waals surface area contributed by atoms with E-state index in [2.05, 4.69) is 5.32 Å². The number of amides is 2. The fourth-order valence-electron chi connectivity index (χ4n) is 3.14. The monoisotopic (exact) mass is 414 g/mol. The van der Waals surface area contributed by atoms with Crippen molar-refractivity contribution in [3.63, 3.8) is 0 Å². The van der Waals surface area contributed by atoms with Crippen LogP contribution < -0.4 is 19.7 Å². The topological polar surface area (TPSA) is 72.3 Å². The summed E-state index contributed by atoms with van der Waals surface area (Å²) >= 11 is 0. The molecule has 2 aromatic rings. The first kappa shape index (κ1) is 23.2. The molecule has 0 bridgehead atoms. The number of benzene rings is 2. The molecule has 162 valence electrons. The van der Waals surface area contributed by atoms with E-state index >= 15 is 0 Å². The average molecular weight is 415 g/mol. The Labute approximate surface area is 178 Å². The minimum absolute atomic E-state index is 0.000683. The molecule has 2 aromatic carbocycles. The molecule has 7 nitrogen and oxygen atoms in total. The molecule has 2 rings (SSSR count). The summed E-state index contributed by atoms with van der Waals surface area (Å²) in [6, 6.07) is 13.0. The zero-order valence-electron chi connectivity index (χ0n) is 18.6. The molecule has 0 saturated carbocycles. The predicted molar refractivity (Wildman–Crippen MR) is 117 cm³/mol. The highest BCUT2D eigenvalue weighted by Crippen LogP contribution is 2.27. The smallest absolute Gasteiger partial charge is 0.280 e. The molecule has 2 atom stereocenters. The molecule has 0 fully saturated rings. The van der Waals surface area contributed by atoms with Gasteiger partial charge in [-0.3, -0.25) is 9.59 Å². The molecule has 0 saturated heterocycles. The van der Waals surface area contributed by atoms with Gasteiger partial charge in [-0.25, -0.2) is 0 Å². The average Bonchev–Trinajstić information content (AvgIpc) is 2.73. The lowest BCUT2D eigenvalue weighted by Gasteiger charge is -2.25. The number of likely N-dealkylation sites (N-methyl/N-ethyl adjacent to an activating group) is 2. The van der Waals surface area contributed by atoms with Gasteiger partial charge in [-0.1, -0.05) is 17.7 Å². The van der Waals surface area contributed by atoms with Crippen molar-refractivity contribution in [2.24, 2.45) is 0 Å². The maximum atomic E-state index is 12.8. The molecule has 0 aromatic heterocycles. The van der Waals surface area contributed by atoms with Crippen molar-refractivity contribution in [2.75, 3.05) is 40.2 Å². The van der Waals surface area contributed by atoms with Gasteiger partial charge < -0.3 is 24.6 Å². The minimum Gasteiger partial charge on any atom is -0.493 e. The number of quaternary nitrogens is 1. The maximum absolute atomic E-state index is 12.8. The number of rotatable bonds is 9. The van der Waals surface area contributed by atoms with Crippen LogP contribution in [0.3, 0.4) is 0 Å². The van der Waals surface area contributed by atoms with E-state index in [4.69, 9.17) is 9.47 Å². The number of hydrogen-bond acceptors (Lipinski definition) is 4. The van der Waals surface area contributed by atoms with Gasteiger partial charge in [-0.05, 0) is 44.2 Å². The van der Waals surface area contributed by atoms with Crippen LogP contribution >= 0.6 is 0 Å². The van der Waals surface area contributed by atoms with Crippen LogP contribution in [0.4, 0.5) is 5.69 Å². The molecule has 30 heavy (non-hydrogen) atoms. The zero-order valence-corrected chi connectivity index (χ0v) is 18.6. The molecular formula is C23H32N3O4+. The molecule has 7 heteroatoms. The SMILES string of the molecule is COc1ccc(C[NH+](C)[C@H](C)C(=O)N(C)CC(=O)Nc2ccc(C)cc2)cc1OC. The van der Waals surface area contributed by atoms with Crippen molar-refractivity contribution in [3.8, 4) is 11.5 Å². The Kier molecular flexibility index (Phi) is 8.24. The van der Waals surface area contributed by atoms with Gasteiger partial charge in [0.1, 0.15) is 6.54 Å². The standard InChI is InChI=1S/C23H31N3O4/c1-16-7-10-19(11-8-16)24-22(27)15-26(4)23(28)17(2)25(3)14-18-9-12-20(29-5)21(13-18)30-6/h7-13,17H,14-15H2,1-6H3,(H,24,27)/p+1/t17-/m1/s1. The number of anilines is 1. The molecular weight excluding hydrogens is 382 g/mol. The molecule has 0 aliphatic heterocycles. The molecule has 0 heterocycles. The number of aryl methyl sites for hydroxylation is 1. The van der Waals surface area contributed by atoms with Crippen molar-refractivity contribution in [1.82, 2.24) is 4.90 Å². The number of carbonyl (C=O) groups is 2. The first-order valence-corrected chi connectivity index (χ1v) is 9.89. The minimum atomic E-state index is -0.310. The molecule has 0 aliphatic carbocycles. The van der Waals surface area contributed by atoms with Crippen LogP contribution in [0.15, 0.2) is 42.5 Å². The second-order valence-corrected chi connectivity index (χ2v) is 7.54. The lowest BCUT2D eigenvalue weighted by Crippen LogP contribution is -3.12. The predicted octanol–water partition coefficient (Wildman–Crippen LogP) is 1.51. The number of ether oxygens (including phenoxy) is 2. The van der Waals surface area contributed by atoms with Crippen molar-refractivity contribution in [2.45, 2.75) is 26.4 Å². The molecule has 2 N–H and O–H groups in total. The Morgan fingerprint density at radius 2 is 1.70 bits per heavy atom. The van der Waals surface area contributed by atoms with E-state index < -0.39 is 0 Å².